The van der Waals surface area contributed by atoms with Crippen LogP contribution in [-0.4, -0.2) is 39.2 Å². The van der Waals surface area contributed by atoms with Crippen LogP contribution >= 0.6 is 12.2 Å². The molecule has 0 aliphatic heterocycles. The second kappa shape index (κ2) is 8.55. The average molecular weight is 446 g/mol. The Kier molecular flexibility index (Phi) is 6.08. The summed E-state index contributed by atoms with van der Waals surface area (Å²) in [5.74, 6) is -0.446. The van der Waals surface area contributed by atoms with Crippen molar-refractivity contribution in [1.29, 1.82) is 0 Å². The Bertz CT molecular complexity index is 1180. The highest BCUT2D eigenvalue weighted by Crippen LogP contribution is 2.17. The summed E-state index contributed by atoms with van der Waals surface area (Å²) in [6.07, 6.45) is 1.64. The number of aryl methyl sites for hydroxylation is 3. The first kappa shape index (κ1) is 21.3. The van der Waals surface area contributed by atoms with E-state index in [0.29, 0.717) is 17.1 Å². The van der Waals surface area contributed by atoms with Gasteiger partial charge in [0.1, 0.15) is 0 Å². The van der Waals surface area contributed by atoms with Gasteiger partial charge in [-0.1, -0.05) is 0 Å². The summed E-state index contributed by atoms with van der Waals surface area (Å²) in [6.45, 7) is 3.50. The number of anilines is 2. The van der Waals surface area contributed by atoms with Crippen LogP contribution in [0.25, 0.3) is 0 Å². The van der Waals surface area contributed by atoms with E-state index >= 15 is 0 Å². The smallest absolute Gasteiger partial charge is 0.277 e. The van der Waals surface area contributed by atoms with Gasteiger partial charge in [-0.25, -0.2) is 23.1 Å². The molecule has 0 fully saturated rings. The molecule has 2 aromatic heterocycles. The molecule has 0 aliphatic rings. The quantitative estimate of drug-likeness (QED) is 0.506. The molecule has 30 heavy (non-hydrogen) atoms. The van der Waals surface area contributed by atoms with Crippen molar-refractivity contribution < 1.29 is 13.2 Å². The number of benzene rings is 1. The van der Waals surface area contributed by atoms with Gasteiger partial charge in [-0.2, -0.15) is 5.10 Å². The van der Waals surface area contributed by atoms with Gasteiger partial charge >= 0.3 is 0 Å². The lowest BCUT2D eigenvalue weighted by atomic mass is 10.3. The largest absolute Gasteiger partial charge is 0.332 e. The second-order valence-corrected chi connectivity index (χ2v) is 8.48. The Hall–Kier alpha value is -3.38. The van der Waals surface area contributed by atoms with E-state index < -0.39 is 15.9 Å². The Morgan fingerprint density at radius 1 is 1.07 bits per heavy atom. The molecule has 0 unspecified atom stereocenters. The van der Waals surface area contributed by atoms with E-state index in [1.165, 1.54) is 28.9 Å². The lowest BCUT2D eigenvalue weighted by molar-refractivity contribution is 0.0972. The fraction of sp³-hybridized carbons (Fsp3) is 0.167. The molecule has 12 heteroatoms. The predicted molar refractivity (Wildman–Crippen MR) is 116 cm³/mol. The molecular formula is C18H19N7O3S2. The third-order valence-electron chi connectivity index (χ3n) is 3.80. The number of rotatable bonds is 5. The number of hydrogen-bond acceptors (Lipinski definition) is 7. The van der Waals surface area contributed by atoms with E-state index in [2.05, 4.69) is 30.4 Å². The van der Waals surface area contributed by atoms with Crippen molar-refractivity contribution in [1.82, 2.24) is 25.1 Å². The molecule has 10 nitrogen and oxygen atoms in total. The van der Waals surface area contributed by atoms with E-state index in [1.807, 2.05) is 0 Å². The summed E-state index contributed by atoms with van der Waals surface area (Å²) in [5, 5.41) is 9.37. The molecule has 0 aliphatic carbocycles. The summed E-state index contributed by atoms with van der Waals surface area (Å²) >= 11 is 5.11. The van der Waals surface area contributed by atoms with Crippen molar-refractivity contribution in [2.75, 3.05) is 10.0 Å². The number of carbonyl (C=O) groups is 1. The van der Waals surface area contributed by atoms with Gasteiger partial charge in [0.15, 0.2) is 10.8 Å². The number of sulfonamides is 1. The molecule has 0 saturated carbocycles. The van der Waals surface area contributed by atoms with Crippen molar-refractivity contribution in [3.63, 3.8) is 0 Å². The number of nitrogens with one attached hydrogen (secondary N) is 3. The first-order valence-corrected chi connectivity index (χ1v) is 10.6. The Morgan fingerprint density at radius 3 is 2.27 bits per heavy atom. The first-order chi connectivity index (χ1) is 14.1. The van der Waals surface area contributed by atoms with E-state index in [1.54, 1.807) is 39.2 Å². The van der Waals surface area contributed by atoms with Crippen molar-refractivity contribution in [3.8, 4) is 0 Å². The number of amides is 1. The van der Waals surface area contributed by atoms with Crippen LogP contribution in [0.3, 0.4) is 0 Å². The topological polar surface area (TPSA) is 131 Å². The van der Waals surface area contributed by atoms with E-state index in [4.69, 9.17) is 12.2 Å². The fourth-order valence-electron chi connectivity index (χ4n) is 2.53. The summed E-state index contributed by atoms with van der Waals surface area (Å²) < 4.78 is 29.0. The summed E-state index contributed by atoms with van der Waals surface area (Å²) in [7, 11) is -2.16. The van der Waals surface area contributed by atoms with Crippen LogP contribution in [0.2, 0.25) is 0 Å². The Morgan fingerprint density at radius 2 is 1.70 bits per heavy atom. The normalized spacial score (nSPS) is 11.0. The molecule has 3 N–H and O–H groups in total. The van der Waals surface area contributed by atoms with Crippen molar-refractivity contribution in [3.05, 3.63) is 59.7 Å². The summed E-state index contributed by atoms with van der Waals surface area (Å²) in [6, 6.07) is 9.15. The Labute approximate surface area is 178 Å². The molecule has 0 atom stereocenters. The van der Waals surface area contributed by atoms with Gasteiger partial charge < -0.3 is 5.32 Å². The molecule has 2 heterocycles. The van der Waals surface area contributed by atoms with Gasteiger partial charge in [-0.3, -0.25) is 14.8 Å². The molecule has 0 radical (unpaired) electrons. The maximum atomic E-state index is 12.6. The van der Waals surface area contributed by atoms with E-state index in [0.717, 1.165) is 0 Å². The number of nitrogens with zero attached hydrogens (tertiary/aromatic N) is 4. The molecule has 156 valence electrons. The molecule has 3 aromatic rings. The maximum Gasteiger partial charge on any atom is 0.277 e. The van der Waals surface area contributed by atoms with Gasteiger partial charge in [-0.15, -0.1) is 0 Å². The Balaban J connectivity index is 1.65. The predicted octanol–water partition coefficient (Wildman–Crippen LogP) is 1.75. The van der Waals surface area contributed by atoms with Crippen LogP contribution in [0.15, 0.2) is 47.5 Å². The zero-order valence-corrected chi connectivity index (χ0v) is 18.0. The number of carbonyl (C=O) groups excluding carboxylic acids is 1. The number of aromatic nitrogens is 4. The molecule has 0 saturated heterocycles. The highest BCUT2D eigenvalue weighted by molar-refractivity contribution is 7.92. The lowest BCUT2D eigenvalue weighted by Gasteiger charge is -2.10. The summed E-state index contributed by atoms with van der Waals surface area (Å²) in [4.78, 5) is 20.2. The minimum absolute atomic E-state index is 0.00751. The minimum Gasteiger partial charge on any atom is -0.332 e. The van der Waals surface area contributed by atoms with Crippen LogP contribution in [-0.2, 0) is 17.1 Å². The monoisotopic (exact) mass is 445 g/mol. The zero-order valence-electron chi connectivity index (χ0n) is 16.4. The number of thiocarbonyl (C=S) groups is 1. The van der Waals surface area contributed by atoms with Crippen molar-refractivity contribution >= 4 is 44.9 Å². The van der Waals surface area contributed by atoms with Gasteiger partial charge in [-0.05, 0) is 62.5 Å². The standard InChI is InChI=1S/C18H19N7O3S2/c1-11-10-12(2)20-17(19-11)24-30(27,28)14-6-4-13(5-7-14)21-18(29)22-16(26)15-8-9-25(3)23-15/h4-10H,1-3H3,(H,19,20,24)(H2,21,22,26,29). The SMILES string of the molecule is Cc1cc(C)nc(NS(=O)(=O)c2ccc(NC(=S)NC(=O)c3ccn(C)n3)cc2)n1. The third-order valence-corrected chi connectivity index (χ3v) is 5.35. The highest BCUT2D eigenvalue weighted by atomic mass is 32.2. The van der Waals surface area contributed by atoms with Crippen LogP contribution in [0, 0.1) is 13.8 Å². The lowest BCUT2D eigenvalue weighted by Crippen LogP contribution is -2.34. The molecule has 1 aromatic carbocycles. The third kappa shape index (κ3) is 5.36. The van der Waals surface area contributed by atoms with Crippen molar-refractivity contribution in [2.24, 2.45) is 7.05 Å². The van der Waals surface area contributed by atoms with Gasteiger partial charge in [0.05, 0.1) is 4.90 Å². The minimum atomic E-state index is -3.86. The second-order valence-electron chi connectivity index (χ2n) is 6.39. The van der Waals surface area contributed by atoms with Crippen LogP contribution in [0.1, 0.15) is 21.9 Å². The molecule has 0 bridgehead atoms. The average Bonchev–Trinajstić information content (AvgIpc) is 3.07. The molecule has 1 amide bonds. The van der Waals surface area contributed by atoms with E-state index in [-0.39, 0.29) is 21.7 Å². The van der Waals surface area contributed by atoms with Crippen LogP contribution in [0.4, 0.5) is 11.6 Å². The molecule has 0 spiro atoms. The number of hydrogen-bond donors (Lipinski definition) is 3. The maximum absolute atomic E-state index is 12.6. The molecular weight excluding hydrogens is 426 g/mol. The zero-order chi connectivity index (χ0) is 21.9. The van der Waals surface area contributed by atoms with Crippen LogP contribution in [0.5, 0.6) is 0 Å². The van der Waals surface area contributed by atoms with Gasteiger partial charge in [0, 0.05) is 30.3 Å². The van der Waals surface area contributed by atoms with Crippen molar-refractivity contribution in [2.45, 2.75) is 18.7 Å². The van der Waals surface area contributed by atoms with Crippen LogP contribution < -0.4 is 15.4 Å². The van der Waals surface area contributed by atoms with Gasteiger partial charge in [0.25, 0.3) is 15.9 Å². The van der Waals surface area contributed by atoms with Gasteiger partial charge in [0.2, 0.25) is 5.95 Å². The highest BCUT2D eigenvalue weighted by Gasteiger charge is 2.16. The first-order valence-electron chi connectivity index (χ1n) is 8.69. The van der Waals surface area contributed by atoms with E-state index in [9.17, 15) is 13.2 Å². The fourth-order valence-corrected chi connectivity index (χ4v) is 3.69. The summed E-state index contributed by atoms with van der Waals surface area (Å²) in [5.41, 5.74) is 2.03. The molecule has 3 rings (SSSR count).